The summed E-state index contributed by atoms with van der Waals surface area (Å²) in [5.41, 5.74) is 0.848. The lowest BCUT2D eigenvalue weighted by Gasteiger charge is -2.25. The number of nitrogens with zero attached hydrogens (tertiary/aromatic N) is 2. The fraction of sp³-hybridized carbons (Fsp3) is 0.263. The summed E-state index contributed by atoms with van der Waals surface area (Å²) in [6.07, 6.45) is 3.00. The van der Waals surface area contributed by atoms with E-state index in [1.54, 1.807) is 23.1 Å². The largest absolute Gasteiger partial charge is 0.355 e. The number of sulfonamides is 1. The number of nitrogens with one attached hydrogen (secondary N) is 1. The van der Waals surface area contributed by atoms with Gasteiger partial charge < -0.3 is 9.42 Å². The van der Waals surface area contributed by atoms with Gasteiger partial charge >= 0.3 is 0 Å². The van der Waals surface area contributed by atoms with Gasteiger partial charge in [0.1, 0.15) is 0 Å². The van der Waals surface area contributed by atoms with Crippen molar-refractivity contribution in [2.45, 2.75) is 24.2 Å². The minimum atomic E-state index is -3.87. The topological polar surface area (TPSA) is 92.5 Å². The lowest BCUT2D eigenvalue weighted by atomic mass is 10.1. The molecule has 1 aliphatic heterocycles. The first-order valence-corrected chi connectivity index (χ1v) is 10.8. The second-order valence-electron chi connectivity index (χ2n) is 6.66. The molecule has 0 unspecified atom stereocenters. The van der Waals surface area contributed by atoms with Crippen molar-refractivity contribution in [3.05, 3.63) is 53.2 Å². The molecule has 3 aromatic rings. The van der Waals surface area contributed by atoms with Crippen LogP contribution in [0.5, 0.6) is 0 Å². The number of anilines is 1. The molecule has 0 aliphatic carbocycles. The third-order valence-corrected chi connectivity index (χ3v) is 6.29. The van der Waals surface area contributed by atoms with Gasteiger partial charge in [0.05, 0.1) is 16.0 Å². The van der Waals surface area contributed by atoms with Crippen LogP contribution in [0.4, 0.5) is 5.69 Å². The van der Waals surface area contributed by atoms with Gasteiger partial charge in [-0.1, -0.05) is 22.8 Å². The van der Waals surface area contributed by atoms with Crippen LogP contribution in [-0.2, 0) is 10.0 Å². The number of rotatable bonds is 4. The van der Waals surface area contributed by atoms with Crippen LogP contribution in [0.15, 0.2) is 51.9 Å². The van der Waals surface area contributed by atoms with Gasteiger partial charge in [-0.25, -0.2) is 8.42 Å². The number of likely N-dealkylation sites (tertiary alicyclic amines) is 1. The van der Waals surface area contributed by atoms with Crippen LogP contribution < -0.4 is 4.72 Å². The lowest BCUT2D eigenvalue weighted by Crippen LogP contribution is -2.35. The van der Waals surface area contributed by atoms with E-state index in [0.29, 0.717) is 34.8 Å². The van der Waals surface area contributed by atoms with E-state index >= 15 is 0 Å². The van der Waals surface area contributed by atoms with E-state index in [-0.39, 0.29) is 16.5 Å². The van der Waals surface area contributed by atoms with E-state index < -0.39 is 10.0 Å². The molecule has 0 bridgehead atoms. The van der Waals surface area contributed by atoms with Gasteiger partial charge in [0, 0.05) is 18.1 Å². The molecule has 1 amide bonds. The summed E-state index contributed by atoms with van der Waals surface area (Å²) in [4.78, 5) is 14.5. The zero-order chi connectivity index (χ0) is 19.7. The van der Waals surface area contributed by atoms with Crippen molar-refractivity contribution < 1.29 is 17.7 Å². The number of fused-ring (bicyclic) bond motifs is 1. The van der Waals surface area contributed by atoms with E-state index in [9.17, 15) is 13.2 Å². The first-order chi connectivity index (χ1) is 13.4. The van der Waals surface area contributed by atoms with Gasteiger partial charge in [-0.15, -0.1) is 0 Å². The summed E-state index contributed by atoms with van der Waals surface area (Å²) in [6.45, 7) is 1.34. The van der Waals surface area contributed by atoms with E-state index in [1.165, 1.54) is 24.3 Å². The number of carbonyl (C=O) groups is 1. The minimum absolute atomic E-state index is 0.0101. The Hall–Kier alpha value is -2.58. The molecule has 2 heterocycles. The van der Waals surface area contributed by atoms with Gasteiger partial charge in [0.2, 0.25) is 0 Å². The molecule has 146 valence electrons. The SMILES string of the molecule is O=C(c1noc2ccc(S(=O)(=O)Nc3cccc(Cl)c3)cc12)N1CCCCC1. The molecule has 1 saturated heterocycles. The van der Waals surface area contributed by atoms with Crippen molar-refractivity contribution in [1.82, 2.24) is 10.1 Å². The molecule has 4 rings (SSSR count). The molecule has 7 nitrogen and oxygen atoms in total. The van der Waals surface area contributed by atoms with Gasteiger partial charge in [-0.3, -0.25) is 9.52 Å². The third kappa shape index (κ3) is 3.70. The number of piperidine rings is 1. The number of hydrogen-bond acceptors (Lipinski definition) is 5. The lowest BCUT2D eigenvalue weighted by molar-refractivity contribution is 0.0716. The summed E-state index contributed by atoms with van der Waals surface area (Å²) in [7, 11) is -3.87. The van der Waals surface area contributed by atoms with Gasteiger partial charge in [0.15, 0.2) is 11.3 Å². The van der Waals surface area contributed by atoms with E-state index in [2.05, 4.69) is 9.88 Å². The molecule has 9 heteroatoms. The molecule has 28 heavy (non-hydrogen) atoms. The maximum Gasteiger partial charge on any atom is 0.276 e. The Labute approximate surface area is 167 Å². The Kier molecular flexibility index (Phi) is 4.99. The first kappa shape index (κ1) is 18.8. The van der Waals surface area contributed by atoms with Crippen molar-refractivity contribution in [3.8, 4) is 0 Å². The highest BCUT2D eigenvalue weighted by Gasteiger charge is 2.25. The normalized spacial score (nSPS) is 15.0. The van der Waals surface area contributed by atoms with E-state index in [4.69, 9.17) is 16.1 Å². The van der Waals surface area contributed by atoms with Crippen LogP contribution in [0.25, 0.3) is 11.0 Å². The molecule has 0 spiro atoms. The van der Waals surface area contributed by atoms with E-state index in [0.717, 1.165) is 19.3 Å². The number of hydrogen-bond donors (Lipinski definition) is 1. The van der Waals surface area contributed by atoms with Gasteiger partial charge in [0.25, 0.3) is 15.9 Å². The standard InChI is InChI=1S/C19H18ClN3O4S/c20-13-5-4-6-14(11-13)22-28(25,26)15-7-8-17-16(12-15)18(21-27-17)19(24)23-9-2-1-3-10-23/h4-8,11-12,22H,1-3,9-10H2. The minimum Gasteiger partial charge on any atom is -0.355 e. The van der Waals surface area contributed by atoms with Crippen molar-refractivity contribution >= 4 is 44.2 Å². The highest BCUT2D eigenvalue weighted by Crippen LogP contribution is 2.26. The molecular formula is C19H18ClN3O4S. The predicted octanol–water partition coefficient (Wildman–Crippen LogP) is 3.91. The predicted molar refractivity (Wildman–Crippen MR) is 106 cm³/mol. The maximum atomic E-state index is 12.8. The molecule has 0 saturated carbocycles. The second-order valence-corrected chi connectivity index (χ2v) is 8.78. The Morgan fingerprint density at radius 1 is 1.11 bits per heavy atom. The number of halogens is 1. The van der Waals surface area contributed by atoms with Crippen LogP contribution >= 0.6 is 11.6 Å². The smallest absolute Gasteiger partial charge is 0.276 e. The molecule has 0 atom stereocenters. The van der Waals surface area contributed by atoms with Crippen molar-refractivity contribution in [2.24, 2.45) is 0 Å². The fourth-order valence-corrected chi connectivity index (χ4v) is 4.52. The highest BCUT2D eigenvalue weighted by atomic mass is 35.5. The quantitative estimate of drug-likeness (QED) is 0.692. The Bertz CT molecular complexity index is 1140. The molecule has 1 N–H and O–H groups in total. The Morgan fingerprint density at radius 2 is 1.89 bits per heavy atom. The van der Waals surface area contributed by atoms with Gasteiger partial charge in [-0.05, 0) is 55.7 Å². The summed E-state index contributed by atoms with van der Waals surface area (Å²) < 4.78 is 33.2. The monoisotopic (exact) mass is 419 g/mol. The zero-order valence-corrected chi connectivity index (χ0v) is 16.5. The van der Waals surface area contributed by atoms with Crippen LogP contribution in [0, 0.1) is 0 Å². The van der Waals surface area contributed by atoms with Crippen molar-refractivity contribution in [2.75, 3.05) is 17.8 Å². The molecule has 0 radical (unpaired) electrons. The van der Waals surface area contributed by atoms with Crippen LogP contribution in [0.2, 0.25) is 5.02 Å². The third-order valence-electron chi connectivity index (χ3n) is 4.67. The Morgan fingerprint density at radius 3 is 2.64 bits per heavy atom. The summed E-state index contributed by atoms with van der Waals surface area (Å²) in [6, 6.07) is 10.8. The summed E-state index contributed by atoms with van der Waals surface area (Å²) >= 11 is 5.91. The number of amides is 1. The number of aromatic nitrogens is 1. The molecule has 2 aromatic carbocycles. The average Bonchev–Trinajstić information content (AvgIpc) is 3.11. The fourth-order valence-electron chi connectivity index (χ4n) is 3.25. The highest BCUT2D eigenvalue weighted by molar-refractivity contribution is 7.92. The van der Waals surface area contributed by atoms with Crippen molar-refractivity contribution in [1.29, 1.82) is 0 Å². The second kappa shape index (κ2) is 7.44. The molecule has 1 aliphatic rings. The van der Waals surface area contributed by atoms with Crippen LogP contribution in [0.1, 0.15) is 29.8 Å². The van der Waals surface area contributed by atoms with Gasteiger partial charge in [-0.2, -0.15) is 0 Å². The summed E-state index contributed by atoms with van der Waals surface area (Å²) in [5.74, 6) is -0.240. The molecule has 1 aromatic heterocycles. The van der Waals surface area contributed by atoms with E-state index in [1.807, 2.05) is 0 Å². The average molecular weight is 420 g/mol. The molecular weight excluding hydrogens is 402 g/mol. The number of carbonyl (C=O) groups excluding carboxylic acids is 1. The van der Waals surface area contributed by atoms with Crippen LogP contribution in [-0.4, -0.2) is 37.5 Å². The first-order valence-electron chi connectivity index (χ1n) is 8.91. The Balaban J connectivity index is 1.67. The van der Waals surface area contributed by atoms with Crippen LogP contribution in [0.3, 0.4) is 0 Å². The maximum absolute atomic E-state index is 12.8. The summed E-state index contributed by atoms with van der Waals surface area (Å²) in [5, 5.41) is 4.69. The molecule has 1 fully saturated rings. The zero-order valence-electron chi connectivity index (χ0n) is 14.9. The van der Waals surface area contributed by atoms with Crippen molar-refractivity contribution in [3.63, 3.8) is 0 Å². The number of benzene rings is 2.